The van der Waals surface area contributed by atoms with Gasteiger partial charge in [-0.05, 0) is 42.8 Å². The normalized spacial score (nSPS) is 15.1. The number of nitrogens with zero attached hydrogens (tertiary/aromatic N) is 7. The Bertz CT molecular complexity index is 1330. The van der Waals surface area contributed by atoms with Gasteiger partial charge in [0.2, 0.25) is 5.95 Å². The summed E-state index contributed by atoms with van der Waals surface area (Å²) in [7, 11) is 0. The van der Waals surface area contributed by atoms with E-state index in [-0.39, 0.29) is 12.0 Å². The number of hydrogen-bond donors (Lipinski definition) is 3. The van der Waals surface area contributed by atoms with E-state index < -0.39 is 0 Å². The molecule has 0 radical (unpaired) electrons. The van der Waals surface area contributed by atoms with Crippen LogP contribution >= 0.6 is 11.8 Å². The van der Waals surface area contributed by atoms with Crippen LogP contribution in [0.5, 0.6) is 0 Å². The van der Waals surface area contributed by atoms with Crippen molar-refractivity contribution in [3.8, 4) is 0 Å². The summed E-state index contributed by atoms with van der Waals surface area (Å²) in [6.45, 7) is 6.04. The highest BCUT2D eigenvalue weighted by Gasteiger charge is 2.23. The van der Waals surface area contributed by atoms with Crippen LogP contribution in [-0.2, 0) is 0 Å². The number of para-hydroxylation sites is 1. The van der Waals surface area contributed by atoms with Gasteiger partial charge in [-0.2, -0.15) is 22.0 Å². The Morgan fingerprint density at radius 2 is 2.00 bits per heavy atom. The zero-order chi connectivity index (χ0) is 24.2. The molecule has 10 nitrogen and oxygen atoms in total. The molecule has 5 rings (SSSR count). The van der Waals surface area contributed by atoms with Crippen molar-refractivity contribution in [3.05, 3.63) is 53.0 Å². The highest BCUT2D eigenvalue weighted by atomic mass is 32.2. The standard InChI is InChI=1S/C24H28N10S/c1-3-19(27-22-17(15(2)26-24(25)29-22)8-9-21-30-32-33-31-21)18-14-16-6-4-5-7-20(16)28-23(18)34-10-12-35-13-11-34/h4-9,14,19H,3,10-13H2,1-2H3,(H3,25,26,27,29)(H,30,31,32,33)/b9-8+. The fraction of sp³-hybridized carbons (Fsp3) is 0.333. The summed E-state index contributed by atoms with van der Waals surface area (Å²) in [5, 5.41) is 18.8. The highest BCUT2D eigenvalue weighted by molar-refractivity contribution is 7.99. The number of pyridine rings is 1. The van der Waals surface area contributed by atoms with Crippen molar-refractivity contribution in [1.29, 1.82) is 0 Å². The number of nitrogen functional groups attached to an aromatic ring is 1. The van der Waals surface area contributed by atoms with E-state index in [0.29, 0.717) is 11.6 Å². The number of aromatic nitrogens is 7. The zero-order valence-corrected chi connectivity index (χ0v) is 20.6. The average molecular weight is 489 g/mol. The molecule has 1 atom stereocenters. The van der Waals surface area contributed by atoms with E-state index in [0.717, 1.165) is 64.6 Å². The van der Waals surface area contributed by atoms with Crippen LogP contribution < -0.4 is 16.0 Å². The van der Waals surface area contributed by atoms with E-state index in [1.807, 2.05) is 30.8 Å². The first-order valence-electron chi connectivity index (χ1n) is 11.7. The number of nitrogens with one attached hydrogen (secondary N) is 2. The minimum absolute atomic E-state index is 0.0253. The van der Waals surface area contributed by atoms with Crippen molar-refractivity contribution in [2.75, 3.05) is 40.5 Å². The maximum absolute atomic E-state index is 6.05. The Morgan fingerprint density at radius 3 is 2.77 bits per heavy atom. The van der Waals surface area contributed by atoms with Crippen LogP contribution in [0.1, 0.15) is 42.0 Å². The van der Waals surface area contributed by atoms with Crippen LogP contribution in [0.25, 0.3) is 23.1 Å². The summed E-state index contributed by atoms with van der Waals surface area (Å²) >= 11 is 1.99. The first-order valence-corrected chi connectivity index (χ1v) is 12.8. The van der Waals surface area contributed by atoms with Crippen molar-refractivity contribution in [3.63, 3.8) is 0 Å². The smallest absolute Gasteiger partial charge is 0.222 e. The van der Waals surface area contributed by atoms with E-state index in [1.165, 1.54) is 0 Å². The Balaban J connectivity index is 1.56. The first kappa shape index (κ1) is 23.0. The van der Waals surface area contributed by atoms with Crippen LogP contribution in [0.15, 0.2) is 30.3 Å². The minimum atomic E-state index is -0.0253. The number of benzene rings is 1. The number of aromatic amines is 1. The molecule has 1 unspecified atom stereocenters. The lowest BCUT2D eigenvalue weighted by molar-refractivity contribution is 0.727. The first-order chi connectivity index (χ1) is 17.1. The lowest BCUT2D eigenvalue weighted by Gasteiger charge is -2.32. The SMILES string of the molecule is CCC(Nc1nc(N)nc(C)c1/C=C/c1nn[nH]n1)c1cc2ccccc2nc1N1CCSCC1. The van der Waals surface area contributed by atoms with Gasteiger partial charge in [-0.1, -0.05) is 25.1 Å². The molecule has 0 amide bonds. The lowest BCUT2D eigenvalue weighted by Crippen LogP contribution is -2.34. The summed E-state index contributed by atoms with van der Waals surface area (Å²) in [6.07, 6.45) is 4.49. The monoisotopic (exact) mass is 488 g/mol. The van der Waals surface area contributed by atoms with Crippen molar-refractivity contribution in [2.45, 2.75) is 26.3 Å². The zero-order valence-electron chi connectivity index (χ0n) is 19.8. The van der Waals surface area contributed by atoms with Crippen LogP contribution in [0.2, 0.25) is 0 Å². The van der Waals surface area contributed by atoms with Crippen LogP contribution in [0.4, 0.5) is 17.6 Å². The number of nitrogens with two attached hydrogens (primary N) is 1. The third-order valence-electron chi connectivity index (χ3n) is 6.05. The number of anilines is 3. The Morgan fingerprint density at radius 1 is 1.17 bits per heavy atom. The molecule has 1 saturated heterocycles. The summed E-state index contributed by atoms with van der Waals surface area (Å²) in [5.74, 6) is 4.60. The van der Waals surface area contributed by atoms with Gasteiger partial charge >= 0.3 is 0 Å². The number of thioether (sulfide) groups is 1. The number of hydrogen-bond acceptors (Lipinski definition) is 10. The Kier molecular flexibility index (Phi) is 6.75. The van der Waals surface area contributed by atoms with Crippen LogP contribution in [0.3, 0.4) is 0 Å². The van der Waals surface area contributed by atoms with E-state index in [9.17, 15) is 0 Å². The molecule has 4 N–H and O–H groups in total. The summed E-state index contributed by atoms with van der Waals surface area (Å²) in [5.41, 5.74) is 9.80. The fourth-order valence-electron chi connectivity index (χ4n) is 4.28. The number of H-pyrrole nitrogens is 1. The molecule has 0 spiro atoms. The van der Waals surface area contributed by atoms with Gasteiger partial charge in [0.05, 0.1) is 17.3 Å². The van der Waals surface area contributed by atoms with Gasteiger partial charge in [0.1, 0.15) is 11.6 Å². The van der Waals surface area contributed by atoms with Gasteiger partial charge < -0.3 is 16.0 Å². The third kappa shape index (κ3) is 5.04. The molecular formula is C24H28N10S. The minimum Gasteiger partial charge on any atom is -0.368 e. The molecule has 11 heteroatoms. The molecule has 1 fully saturated rings. The second kappa shape index (κ2) is 10.3. The highest BCUT2D eigenvalue weighted by Crippen LogP contribution is 2.34. The van der Waals surface area contributed by atoms with E-state index in [4.69, 9.17) is 10.7 Å². The van der Waals surface area contributed by atoms with E-state index in [2.05, 4.69) is 72.0 Å². The number of rotatable bonds is 7. The topological polar surface area (TPSA) is 134 Å². The van der Waals surface area contributed by atoms with Gasteiger partial charge in [0.15, 0.2) is 5.82 Å². The average Bonchev–Trinajstić information content (AvgIpc) is 3.40. The molecule has 1 aromatic carbocycles. The maximum Gasteiger partial charge on any atom is 0.222 e. The maximum atomic E-state index is 6.05. The molecule has 0 bridgehead atoms. The number of fused-ring (bicyclic) bond motifs is 1. The van der Waals surface area contributed by atoms with E-state index >= 15 is 0 Å². The molecule has 4 heterocycles. The van der Waals surface area contributed by atoms with Crippen LogP contribution in [0, 0.1) is 6.92 Å². The molecule has 4 aromatic rings. The summed E-state index contributed by atoms with van der Waals surface area (Å²) in [6, 6.07) is 10.5. The lowest BCUT2D eigenvalue weighted by atomic mass is 10.0. The predicted octanol–water partition coefficient (Wildman–Crippen LogP) is 3.72. The van der Waals surface area contributed by atoms with Crippen molar-refractivity contribution >= 4 is 52.4 Å². The van der Waals surface area contributed by atoms with Crippen LogP contribution in [-0.4, -0.2) is 60.2 Å². The summed E-state index contributed by atoms with van der Waals surface area (Å²) < 4.78 is 0. The second-order valence-corrected chi connectivity index (χ2v) is 9.56. The number of aryl methyl sites for hydroxylation is 1. The molecule has 180 valence electrons. The van der Waals surface area contributed by atoms with Crippen molar-refractivity contribution in [1.82, 2.24) is 35.6 Å². The second-order valence-electron chi connectivity index (χ2n) is 8.33. The van der Waals surface area contributed by atoms with Gasteiger partial charge in [-0.25, -0.2) is 9.97 Å². The van der Waals surface area contributed by atoms with Gasteiger partial charge in [-0.15, -0.1) is 10.2 Å². The molecular weight excluding hydrogens is 460 g/mol. The molecule has 1 aliphatic rings. The predicted molar refractivity (Wildman–Crippen MR) is 142 cm³/mol. The van der Waals surface area contributed by atoms with E-state index in [1.54, 1.807) is 6.08 Å². The quantitative estimate of drug-likeness (QED) is 0.353. The Hall–Kier alpha value is -3.73. The Labute approximate surface area is 207 Å². The van der Waals surface area contributed by atoms with Crippen molar-refractivity contribution in [2.24, 2.45) is 0 Å². The van der Waals surface area contributed by atoms with Gasteiger partial charge in [0.25, 0.3) is 0 Å². The molecule has 3 aromatic heterocycles. The molecule has 0 saturated carbocycles. The van der Waals surface area contributed by atoms with Gasteiger partial charge in [0, 0.05) is 41.1 Å². The van der Waals surface area contributed by atoms with Crippen molar-refractivity contribution < 1.29 is 0 Å². The van der Waals surface area contributed by atoms with Gasteiger partial charge in [-0.3, -0.25) is 0 Å². The number of tetrazole rings is 1. The molecule has 0 aliphatic carbocycles. The molecule has 35 heavy (non-hydrogen) atoms. The fourth-order valence-corrected chi connectivity index (χ4v) is 5.19. The molecule has 1 aliphatic heterocycles. The third-order valence-corrected chi connectivity index (χ3v) is 6.99. The summed E-state index contributed by atoms with van der Waals surface area (Å²) in [4.78, 5) is 16.4. The largest absolute Gasteiger partial charge is 0.368 e.